The lowest BCUT2D eigenvalue weighted by Crippen LogP contribution is -2.30. The summed E-state index contributed by atoms with van der Waals surface area (Å²) in [6.45, 7) is 3.39. The standard InChI is InChI=1S/C21H18ClN5O3S/c1-13-3-8-17(9-18(13)22)27-12-24-26-21(27)31-11-19(28)30-14(2)20(29)25-16-6-4-15(10-23)5-7-16/h3-9,12,14H,11H2,1-2H3,(H,25,29). The molecule has 1 N–H and O–H groups in total. The summed E-state index contributed by atoms with van der Waals surface area (Å²) >= 11 is 7.32. The first-order valence-corrected chi connectivity index (χ1v) is 10.5. The van der Waals surface area contributed by atoms with Crippen LogP contribution in [0.15, 0.2) is 53.9 Å². The van der Waals surface area contributed by atoms with Gasteiger partial charge in [-0.25, -0.2) is 0 Å². The van der Waals surface area contributed by atoms with E-state index in [1.54, 1.807) is 34.9 Å². The van der Waals surface area contributed by atoms with E-state index in [0.29, 0.717) is 21.4 Å². The van der Waals surface area contributed by atoms with Gasteiger partial charge in [0.15, 0.2) is 11.3 Å². The monoisotopic (exact) mass is 455 g/mol. The lowest BCUT2D eigenvalue weighted by Gasteiger charge is -2.13. The van der Waals surface area contributed by atoms with Gasteiger partial charge in [-0.1, -0.05) is 29.4 Å². The molecule has 0 radical (unpaired) electrons. The van der Waals surface area contributed by atoms with Crippen LogP contribution < -0.4 is 5.32 Å². The fraction of sp³-hybridized carbons (Fsp3) is 0.190. The second-order valence-electron chi connectivity index (χ2n) is 6.52. The highest BCUT2D eigenvalue weighted by Crippen LogP contribution is 2.24. The highest BCUT2D eigenvalue weighted by Gasteiger charge is 2.19. The van der Waals surface area contributed by atoms with Gasteiger partial charge in [0.05, 0.1) is 23.1 Å². The smallest absolute Gasteiger partial charge is 0.317 e. The van der Waals surface area contributed by atoms with Crippen LogP contribution in [0.3, 0.4) is 0 Å². The number of carbonyl (C=O) groups is 2. The number of carbonyl (C=O) groups excluding carboxylic acids is 2. The molecule has 1 amide bonds. The number of aryl methyl sites for hydroxylation is 1. The van der Waals surface area contributed by atoms with Crippen LogP contribution in [0.5, 0.6) is 0 Å². The van der Waals surface area contributed by atoms with E-state index in [1.165, 1.54) is 13.3 Å². The molecule has 8 nitrogen and oxygen atoms in total. The summed E-state index contributed by atoms with van der Waals surface area (Å²) in [4.78, 5) is 24.4. The molecule has 2 aromatic carbocycles. The van der Waals surface area contributed by atoms with Gasteiger partial charge in [-0.05, 0) is 55.8 Å². The van der Waals surface area contributed by atoms with Crippen molar-refractivity contribution in [3.8, 4) is 11.8 Å². The van der Waals surface area contributed by atoms with Crippen molar-refractivity contribution in [2.45, 2.75) is 25.1 Å². The third kappa shape index (κ3) is 5.84. The minimum atomic E-state index is -0.988. The highest BCUT2D eigenvalue weighted by atomic mass is 35.5. The number of nitriles is 1. The molecule has 1 heterocycles. The molecule has 0 fully saturated rings. The van der Waals surface area contributed by atoms with Crippen molar-refractivity contribution in [1.29, 1.82) is 5.26 Å². The third-order valence-corrected chi connectivity index (χ3v) is 5.55. The van der Waals surface area contributed by atoms with E-state index in [2.05, 4.69) is 15.5 Å². The van der Waals surface area contributed by atoms with E-state index in [-0.39, 0.29) is 5.75 Å². The second kappa shape index (κ2) is 10.1. The maximum Gasteiger partial charge on any atom is 0.317 e. The van der Waals surface area contributed by atoms with E-state index >= 15 is 0 Å². The summed E-state index contributed by atoms with van der Waals surface area (Å²) in [7, 11) is 0. The number of rotatable bonds is 7. The predicted octanol–water partition coefficient (Wildman–Crippen LogP) is 3.76. The largest absolute Gasteiger partial charge is 0.452 e. The fourth-order valence-corrected chi connectivity index (χ4v) is 3.40. The Bertz CT molecular complexity index is 1140. The summed E-state index contributed by atoms with van der Waals surface area (Å²) in [5.41, 5.74) is 2.71. The quantitative estimate of drug-likeness (QED) is 0.426. The van der Waals surface area contributed by atoms with Crippen LogP contribution in [-0.2, 0) is 14.3 Å². The first-order chi connectivity index (χ1) is 14.9. The Hall–Kier alpha value is -3.35. The number of aromatic nitrogens is 3. The van der Waals surface area contributed by atoms with E-state index < -0.39 is 18.0 Å². The molecule has 0 saturated heterocycles. The molecule has 0 spiro atoms. The predicted molar refractivity (Wildman–Crippen MR) is 117 cm³/mol. The number of thioether (sulfide) groups is 1. The molecular formula is C21H18ClN5O3S. The molecular weight excluding hydrogens is 438 g/mol. The summed E-state index contributed by atoms with van der Waals surface area (Å²) in [6.07, 6.45) is 0.542. The van der Waals surface area contributed by atoms with Gasteiger partial charge in [0, 0.05) is 10.7 Å². The van der Waals surface area contributed by atoms with Gasteiger partial charge in [-0.3, -0.25) is 14.2 Å². The second-order valence-corrected chi connectivity index (χ2v) is 7.87. The topological polar surface area (TPSA) is 110 Å². The Morgan fingerprint density at radius 3 is 2.71 bits per heavy atom. The van der Waals surface area contributed by atoms with Gasteiger partial charge >= 0.3 is 5.97 Å². The maximum atomic E-state index is 12.2. The molecule has 31 heavy (non-hydrogen) atoms. The van der Waals surface area contributed by atoms with Crippen LogP contribution in [0.2, 0.25) is 5.02 Å². The molecule has 10 heteroatoms. The Balaban J connectivity index is 1.54. The fourth-order valence-electron chi connectivity index (χ4n) is 2.51. The van der Waals surface area contributed by atoms with Crippen molar-refractivity contribution in [2.75, 3.05) is 11.1 Å². The number of hydrogen-bond donors (Lipinski definition) is 1. The molecule has 0 aliphatic heterocycles. The van der Waals surface area contributed by atoms with Gasteiger partial charge in [-0.2, -0.15) is 5.26 Å². The number of esters is 1. The number of halogens is 1. The molecule has 3 aromatic rings. The van der Waals surface area contributed by atoms with Gasteiger partial charge < -0.3 is 10.1 Å². The number of hydrogen-bond acceptors (Lipinski definition) is 7. The number of anilines is 1. The normalized spacial score (nSPS) is 11.4. The van der Waals surface area contributed by atoms with Gasteiger partial charge in [0.2, 0.25) is 0 Å². The average Bonchev–Trinajstić information content (AvgIpc) is 3.23. The summed E-state index contributed by atoms with van der Waals surface area (Å²) in [5, 5.41) is 20.5. The molecule has 1 aromatic heterocycles. The van der Waals surface area contributed by atoms with Gasteiger partial charge in [0.25, 0.3) is 5.91 Å². The summed E-state index contributed by atoms with van der Waals surface area (Å²) < 4.78 is 6.92. The van der Waals surface area contributed by atoms with Crippen LogP contribution >= 0.6 is 23.4 Å². The van der Waals surface area contributed by atoms with Crippen LogP contribution in [0.4, 0.5) is 5.69 Å². The van der Waals surface area contributed by atoms with Crippen molar-refractivity contribution in [1.82, 2.24) is 14.8 Å². The minimum Gasteiger partial charge on any atom is -0.452 e. The van der Waals surface area contributed by atoms with Gasteiger partial charge in [0.1, 0.15) is 6.33 Å². The Morgan fingerprint density at radius 2 is 2.03 bits per heavy atom. The van der Waals surface area contributed by atoms with E-state index in [1.807, 2.05) is 25.1 Å². The molecule has 3 rings (SSSR count). The molecule has 0 aliphatic carbocycles. The van der Waals surface area contributed by atoms with Gasteiger partial charge in [-0.15, -0.1) is 10.2 Å². The number of nitrogens with zero attached hydrogens (tertiary/aromatic N) is 4. The Morgan fingerprint density at radius 1 is 1.29 bits per heavy atom. The first-order valence-electron chi connectivity index (χ1n) is 9.17. The van der Waals surface area contributed by atoms with Crippen molar-refractivity contribution in [3.05, 3.63) is 64.9 Å². The van der Waals surface area contributed by atoms with E-state index in [4.69, 9.17) is 21.6 Å². The number of ether oxygens (including phenoxy) is 1. The zero-order chi connectivity index (χ0) is 22.4. The number of amides is 1. The maximum absolute atomic E-state index is 12.2. The zero-order valence-electron chi connectivity index (χ0n) is 16.7. The summed E-state index contributed by atoms with van der Waals surface area (Å²) in [5.74, 6) is -1.09. The minimum absolute atomic E-state index is 0.0488. The molecule has 0 saturated carbocycles. The lowest BCUT2D eigenvalue weighted by atomic mass is 10.2. The van der Waals surface area contributed by atoms with E-state index in [0.717, 1.165) is 23.0 Å². The lowest BCUT2D eigenvalue weighted by molar-refractivity contribution is -0.150. The van der Waals surface area contributed by atoms with Crippen LogP contribution in [-0.4, -0.2) is 38.5 Å². The van der Waals surface area contributed by atoms with Crippen molar-refractivity contribution in [3.63, 3.8) is 0 Å². The van der Waals surface area contributed by atoms with Crippen molar-refractivity contribution in [2.24, 2.45) is 0 Å². The Kier molecular flexibility index (Phi) is 7.28. The molecule has 0 bridgehead atoms. The average molecular weight is 456 g/mol. The van der Waals surface area contributed by atoms with Crippen LogP contribution in [0, 0.1) is 18.3 Å². The van der Waals surface area contributed by atoms with E-state index in [9.17, 15) is 9.59 Å². The number of benzene rings is 2. The van der Waals surface area contributed by atoms with Crippen LogP contribution in [0.25, 0.3) is 5.69 Å². The summed E-state index contributed by atoms with van der Waals surface area (Å²) in [6, 6.07) is 13.9. The zero-order valence-corrected chi connectivity index (χ0v) is 18.3. The first kappa shape index (κ1) is 22.3. The molecule has 1 unspecified atom stereocenters. The van der Waals surface area contributed by atoms with Crippen LogP contribution in [0.1, 0.15) is 18.1 Å². The molecule has 0 aliphatic rings. The highest BCUT2D eigenvalue weighted by molar-refractivity contribution is 7.99. The van der Waals surface area contributed by atoms with Crippen molar-refractivity contribution < 1.29 is 14.3 Å². The third-order valence-electron chi connectivity index (χ3n) is 4.23. The molecule has 1 atom stereocenters. The van der Waals surface area contributed by atoms with Crippen molar-refractivity contribution >= 4 is 40.9 Å². The number of nitrogens with one attached hydrogen (secondary N) is 1. The Labute approximate surface area is 188 Å². The molecule has 158 valence electrons. The SMILES string of the molecule is Cc1ccc(-n2cnnc2SCC(=O)OC(C)C(=O)Nc2ccc(C#N)cc2)cc1Cl.